The third-order valence-electron chi connectivity index (χ3n) is 3.52. The molecule has 0 aliphatic carbocycles. The molecule has 1 aromatic rings. The van der Waals surface area contributed by atoms with Crippen molar-refractivity contribution in [2.45, 2.75) is 52.4 Å². The number of carbonyl (C=O) groups excluding carboxylic acids is 2. The number of benzene rings is 1. The van der Waals surface area contributed by atoms with Gasteiger partial charge in [-0.15, -0.1) is 0 Å². The molecule has 0 amide bonds. The molecule has 116 valence electrons. The molecule has 0 heterocycles. The topological polar surface area (TPSA) is 63.6 Å². The number of methoxy groups -OCH3 is 1. The highest BCUT2D eigenvalue weighted by molar-refractivity contribution is 5.98. The maximum Gasteiger partial charge on any atom is 0.305 e. The Morgan fingerprint density at radius 1 is 1.05 bits per heavy atom. The van der Waals surface area contributed by atoms with E-state index < -0.39 is 5.97 Å². The second-order valence-electron chi connectivity index (χ2n) is 5.81. The molecule has 0 fully saturated rings. The van der Waals surface area contributed by atoms with Crippen molar-refractivity contribution in [1.29, 1.82) is 0 Å². The molecule has 21 heavy (non-hydrogen) atoms. The van der Waals surface area contributed by atoms with Gasteiger partial charge in [0, 0.05) is 12.0 Å². The lowest BCUT2D eigenvalue weighted by Gasteiger charge is -2.17. The molecule has 4 nitrogen and oxygen atoms in total. The first-order chi connectivity index (χ1) is 9.77. The van der Waals surface area contributed by atoms with E-state index in [1.54, 1.807) is 12.1 Å². The summed E-state index contributed by atoms with van der Waals surface area (Å²) in [6, 6.07) is 3.46. The molecule has 0 aliphatic heterocycles. The van der Waals surface area contributed by atoms with Crippen molar-refractivity contribution in [1.82, 2.24) is 0 Å². The number of Topliss-reactive ketones (excluding diaryl/α,β-unsaturated/α-hetero) is 1. The Morgan fingerprint density at radius 3 is 1.90 bits per heavy atom. The van der Waals surface area contributed by atoms with Gasteiger partial charge in [-0.25, -0.2) is 0 Å². The molecule has 4 heteroatoms. The molecule has 1 aromatic carbocycles. The average molecular weight is 292 g/mol. The van der Waals surface area contributed by atoms with Gasteiger partial charge in [-0.1, -0.05) is 27.7 Å². The second kappa shape index (κ2) is 7.25. The highest BCUT2D eigenvalue weighted by atomic mass is 16.5. The fraction of sp³-hybridized carbons (Fsp3) is 0.529. The zero-order valence-electron chi connectivity index (χ0n) is 13.4. The van der Waals surface area contributed by atoms with Gasteiger partial charge in [0.1, 0.15) is 5.75 Å². The van der Waals surface area contributed by atoms with Crippen LogP contribution in [0.2, 0.25) is 0 Å². The van der Waals surface area contributed by atoms with Crippen molar-refractivity contribution in [3.63, 3.8) is 0 Å². The van der Waals surface area contributed by atoms with Gasteiger partial charge in [-0.3, -0.25) is 9.59 Å². The molecular formula is C17H24O4. The van der Waals surface area contributed by atoms with Crippen molar-refractivity contribution in [3.8, 4) is 5.75 Å². The van der Waals surface area contributed by atoms with E-state index in [0.29, 0.717) is 5.56 Å². The minimum absolute atomic E-state index is 0.0736. The Morgan fingerprint density at radius 2 is 1.52 bits per heavy atom. The molecule has 1 N–H and O–H groups in total. The first kappa shape index (κ1) is 17.2. The molecule has 0 spiro atoms. The number of aromatic hydroxyl groups is 1. The SMILES string of the molecule is COC(=O)CCC(=O)c1cc(C(C)C)c(O)c(C(C)C)c1. The van der Waals surface area contributed by atoms with Crippen LogP contribution in [0.1, 0.15) is 73.9 Å². The zero-order chi connectivity index (χ0) is 16.2. The molecule has 0 unspecified atom stereocenters. The maximum atomic E-state index is 12.2. The predicted octanol–water partition coefficient (Wildman–Crippen LogP) is 3.77. The average Bonchev–Trinajstić information content (AvgIpc) is 2.43. The Bertz CT molecular complexity index is 501. The maximum absolute atomic E-state index is 12.2. The highest BCUT2D eigenvalue weighted by Crippen LogP contribution is 2.35. The van der Waals surface area contributed by atoms with Crippen LogP contribution in [0.5, 0.6) is 5.75 Å². The van der Waals surface area contributed by atoms with Gasteiger partial charge in [-0.05, 0) is 35.1 Å². The summed E-state index contributed by atoms with van der Waals surface area (Å²) in [5, 5.41) is 10.3. The Hall–Kier alpha value is -1.84. The molecule has 0 bridgehead atoms. The Kier molecular flexibility index (Phi) is 5.94. The zero-order valence-corrected chi connectivity index (χ0v) is 13.4. The van der Waals surface area contributed by atoms with E-state index >= 15 is 0 Å². The van der Waals surface area contributed by atoms with E-state index in [2.05, 4.69) is 4.74 Å². The normalized spacial score (nSPS) is 11.0. The van der Waals surface area contributed by atoms with Crippen LogP contribution < -0.4 is 0 Å². The van der Waals surface area contributed by atoms with Crippen molar-refractivity contribution >= 4 is 11.8 Å². The lowest BCUT2D eigenvalue weighted by atomic mass is 9.90. The summed E-state index contributed by atoms with van der Waals surface area (Å²) in [6.07, 6.45) is 0.191. The van der Waals surface area contributed by atoms with E-state index in [0.717, 1.165) is 11.1 Å². The summed E-state index contributed by atoms with van der Waals surface area (Å²) in [4.78, 5) is 23.4. The van der Waals surface area contributed by atoms with Gasteiger partial charge in [0.15, 0.2) is 5.78 Å². The lowest BCUT2D eigenvalue weighted by molar-refractivity contribution is -0.140. The fourth-order valence-electron chi connectivity index (χ4n) is 2.18. The first-order valence-electron chi connectivity index (χ1n) is 7.24. The van der Waals surface area contributed by atoms with Crippen LogP contribution in [0.3, 0.4) is 0 Å². The van der Waals surface area contributed by atoms with Gasteiger partial charge in [-0.2, -0.15) is 0 Å². The van der Waals surface area contributed by atoms with E-state index in [1.165, 1.54) is 7.11 Å². The van der Waals surface area contributed by atoms with Crippen molar-refractivity contribution in [2.75, 3.05) is 7.11 Å². The predicted molar refractivity (Wildman–Crippen MR) is 81.9 cm³/mol. The first-order valence-corrected chi connectivity index (χ1v) is 7.24. The Balaban J connectivity index is 3.12. The van der Waals surface area contributed by atoms with Crippen LogP contribution in [0.15, 0.2) is 12.1 Å². The fourth-order valence-corrected chi connectivity index (χ4v) is 2.18. The van der Waals surface area contributed by atoms with E-state index in [1.807, 2.05) is 27.7 Å². The number of ether oxygens (including phenoxy) is 1. The number of rotatable bonds is 6. The van der Waals surface area contributed by atoms with E-state index in [9.17, 15) is 14.7 Å². The van der Waals surface area contributed by atoms with Crippen LogP contribution in [0, 0.1) is 0 Å². The Labute approximate surface area is 126 Å². The summed E-state index contributed by atoms with van der Waals surface area (Å²) in [7, 11) is 1.31. The van der Waals surface area contributed by atoms with Gasteiger partial charge in [0.05, 0.1) is 13.5 Å². The van der Waals surface area contributed by atoms with Gasteiger partial charge < -0.3 is 9.84 Å². The van der Waals surface area contributed by atoms with Gasteiger partial charge in [0.25, 0.3) is 0 Å². The number of carbonyl (C=O) groups is 2. The highest BCUT2D eigenvalue weighted by Gasteiger charge is 2.18. The standard InChI is InChI=1S/C17H24O4/c1-10(2)13-8-12(9-14(11(3)4)17(13)20)15(18)6-7-16(19)21-5/h8-11,20H,6-7H2,1-5H3. The molecule has 0 saturated carbocycles. The van der Waals surface area contributed by atoms with Gasteiger partial charge >= 0.3 is 5.97 Å². The van der Waals surface area contributed by atoms with Crippen molar-refractivity contribution in [2.24, 2.45) is 0 Å². The number of hydrogen-bond donors (Lipinski definition) is 1. The largest absolute Gasteiger partial charge is 0.507 e. The summed E-state index contributed by atoms with van der Waals surface area (Å²) < 4.78 is 4.55. The number of esters is 1. The lowest BCUT2D eigenvalue weighted by Crippen LogP contribution is -2.08. The number of ketones is 1. The number of hydrogen-bond acceptors (Lipinski definition) is 4. The summed E-state index contributed by atoms with van der Waals surface area (Å²) in [5.74, 6) is 0.00993. The smallest absolute Gasteiger partial charge is 0.305 e. The summed E-state index contributed by atoms with van der Waals surface area (Å²) >= 11 is 0. The second-order valence-corrected chi connectivity index (χ2v) is 5.81. The minimum Gasteiger partial charge on any atom is -0.507 e. The van der Waals surface area contributed by atoms with Crippen LogP contribution in [-0.2, 0) is 9.53 Å². The molecule has 0 saturated heterocycles. The van der Waals surface area contributed by atoms with Crippen molar-refractivity contribution in [3.05, 3.63) is 28.8 Å². The van der Waals surface area contributed by atoms with Crippen LogP contribution >= 0.6 is 0 Å². The summed E-state index contributed by atoms with van der Waals surface area (Å²) in [5.41, 5.74) is 2.08. The third kappa shape index (κ3) is 4.31. The molecular weight excluding hydrogens is 268 g/mol. The number of phenols is 1. The third-order valence-corrected chi connectivity index (χ3v) is 3.52. The molecule has 0 aromatic heterocycles. The number of phenolic OH excluding ortho intramolecular Hbond substituents is 1. The monoisotopic (exact) mass is 292 g/mol. The van der Waals surface area contributed by atoms with E-state index in [4.69, 9.17) is 0 Å². The van der Waals surface area contributed by atoms with Crippen LogP contribution in [0.25, 0.3) is 0 Å². The molecule has 0 radical (unpaired) electrons. The van der Waals surface area contributed by atoms with Crippen LogP contribution in [-0.4, -0.2) is 24.0 Å². The van der Waals surface area contributed by atoms with E-state index in [-0.39, 0.29) is 36.2 Å². The quantitative estimate of drug-likeness (QED) is 0.640. The molecule has 0 aliphatic rings. The summed E-state index contributed by atoms with van der Waals surface area (Å²) in [6.45, 7) is 7.90. The molecule has 0 atom stereocenters. The van der Waals surface area contributed by atoms with Crippen molar-refractivity contribution < 1.29 is 19.4 Å². The molecule has 1 rings (SSSR count). The minimum atomic E-state index is -0.393. The van der Waals surface area contributed by atoms with Crippen LogP contribution in [0.4, 0.5) is 0 Å². The van der Waals surface area contributed by atoms with Gasteiger partial charge in [0.2, 0.25) is 0 Å².